The van der Waals surface area contributed by atoms with Crippen LogP contribution in [0.1, 0.15) is 47.0 Å². The number of carbonyl (C=O) groups excluding carboxylic acids is 1. The molecule has 104 valence electrons. The lowest BCUT2D eigenvalue weighted by Gasteiger charge is -2.25. The fourth-order valence-electron chi connectivity index (χ4n) is 2.31. The first-order valence-electron chi connectivity index (χ1n) is 6.51. The Morgan fingerprint density at radius 2 is 2.35 bits per heavy atom. The molecule has 2 heterocycles. The Morgan fingerprint density at radius 3 is 2.95 bits per heavy atom. The van der Waals surface area contributed by atoms with Crippen LogP contribution in [-0.2, 0) is 7.05 Å². The molecule has 0 aromatic carbocycles. The van der Waals surface area contributed by atoms with E-state index in [1.54, 1.807) is 16.8 Å². The average Bonchev–Trinajstić information content (AvgIpc) is 2.93. The molecule has 0 saturated heterocycles. The van der Waals surface area contributed by atoms with Gasteiger partial charge in [0, 0.05) is 18.7 Å². The van der Waals surface area contributed by atoms with Crippen molar-refractivity contribution < 1.29 is 9.32 Å². The maximum atomic E-state index is 12.0. The van der Waals surface area contributed by atoms with Crippen molar-refractivity contribution >= 4 is 27.8 Å². The molecular formula is C14H14BrN3O2. The molecule has 0 atom stereocenters. The van der Waals surface area contributed by atoms with Crippen LogP contribution in [-0.4, -0.2) is 20.7 Å². The molecule has 1 aliphatic rings. The second-order valence-corrected chi connectivity index (χ2v) is 5.76. The van der Waals surface area contributed by atoms with Gasteiger partial charge in [0.25, 0.3) is 0 Å². The van der Waals surface area contributed by atoms with E-state index in [1.165, 1.54) is 30.9 Å². The number of hydrogen-bond donors (Lipinski definition) is 0. The highest BCUT2D eigenvalue weighted by Crippen LogP contribution is 2.38. The summed E-state index contributed by atoms with van der Waals surface area (Å²) < 4.78 is 7.23. The first kappa shape index (κ1) is 13.3. The summed E-state index contributed by atoms with van der Waals surface area (Å²) in [5, 5.41) is 7.92. The summed E-state index contributed by atoms with van der Waals surface area (Å²) >= 11 is 3.15. The smallest absolute Gasteiger partial charge is 0.223 e. The van der Waals surface area contributed by atoms with Gasteiger partial charge in [0.15, 0.2) is 0 Å². The Bertz CT molecular complexity index is 668. The van der Waals surface area contributed by atoms with Crippen molar-refractivity contribution in [1.82, 2.24) is 14.9 Å². The molecule has 0 aliphatic heterocycles. The Morgan fingerprint density at radius 1 is 1.55 bits per heavy atom. The third-order valence-corrected chi connectivity index (χ3v) is 4.05. The summed E-state index contributed by atoms with van der Waals surface area (Å²) in [5.74, 6) is 0.599. The van der Waals surface area contributed by atoms with Crippen LogP contribution in [0.15, 0.2) is 27.5 Å². The van der Waals surface area contributed by atoms with E-state index in [9.17, 15) is 4.79 Å². The average molecular weight is 336 g/mol. The molecule has 1 saturated carbocycles. The van der Waals surface area contributed by atoms with E-state index in [-0.39, 0.29) is 11.5 Å². The van der Waals surface area contributed by atoms with Crippen LogP contribution in [0.2, 0.25) is 0 Å². The zero-order valence-corrected chi connectivity index (χ0v) is 12.6. The van der Waals surface area contributed by atoms with Crippen molar-refractivity contribution in [1.29, 1.82) is 0 Å². The molecule has 0 radical (unpaired) electrons. The number of rotatable bonds is 4. The van der Waals surface area contributed by atoms with E-state index in [4.69, 9.17) is 4.52 Å². The summed E-state index contributed by atoms with van der Waals surface area (Å²) in [6.45, 7) is 0. The van der Waals surface area contributed by atoms with Crippen molar-refractivity contribution in [3.8, 4) is 0 Å². The Hall–Kier alpha value is -1.69. The molecule has 1 fully saturated rings. The molecule has 5 nitrogen and oxygen atoms in total. The molecule has 20 heavy (non-hydrogen) atoms. The summed E-state index contributed by atoms with van der Waals surface area (Å²) in [6.07, 6.45) is 8.89. The highest BCUT2D eigenvalue weighted by Gasteiger charge is 2.23. The van der Waals surface area contributed by atoms with Crippen LogP contribution in [0, 0.1) is 0 Å². The van der Waals surface area contributed by atoms with E-state index in [0.717, 1.165) is 5.69 Å². The minimum absolute atomic E-state index is 0.205. The molecule has 0 amide bonds. The van der Waals surface area contributed by atoms with Crippen molar-refractivity contribution in [2.24, 2.45) is 7.05 Å². The number of carbonyl (C=O) groups is 1. The zero-order valence-electron chi connectivity index (χ0n) is 11.0. The Labute approximate surface area is 124 Å². The summed E-state index contributed by atoms with van der Waals surface area (Å²) in [6, 6.07) is 1.56. The molecule has 0 N–H and O–H groups in total. The van der Waals surface area contributed by atoms with Crippen LogP contribution in [0.25, 0.3) is 6.08 Å². The van der Waals surface area contributed by atoms with Crippen molar-refractivity contribution in [2.45, 2.75) is 25.2 Å². The summed E-state index contributed by atoms with van der Waals surface area (Å²) in [5.41, 5.74) is 2.21. The van der Waals surface area contributed by atoms with Gasteiger partial charge in [-0.3, -0.25) is 9.48 Å². The SMILES string of the molecule is Cn1ncc(C2CCC2)c1C=CC(=O)c1cc(Br)no1. The van der Waals surface area contributed by atoms with Crippen LogP contribution in [0.5, 0.6) is 0 Å². The second-order valence-electron chi connectivity index (χ2n) is 4.95. The van der Waals surface area contributed by atoms with Gasteiger partial charge in [0.2, 0.25) is 11.5 Å². The number of aromatic nitrogens is 3. The molecule has 0 bridgehead atoms. The molecule has 2 aromatic rings. The zero-order chi connectivity index (χ0) is 14.1. The molecule has 0 spiro atoms. The van der Waals surface area contributed by atoms with Crippen molar-refractivity contribution in [3.05, 3.63) is 40.0 Å². The fourth-order valence-corrected chi connectivity index (χ4v) is 2.59. The number of ketones is 1. The third kappa shape index (κ3) is 2.47. The number of halogens is 1. The number of nitrogens with zero attached hydrogens (tertiary/aromatic N) is 3. The van der Waals surface area contributed by atoms with Gasteiger partial charge in [-0.15, -0.1) is 0 Å². The maximum Gasteiger partial charge on any atom is 0.223 e. The van der Waals surface area contributed by atoms with Gasteiger partial charge in [-0.1, -0.05) is 11.6 Å². The number of allylic oxidation sites excluding steroid dienone is 1. The van der Waals surface area contributed by atoms with Gasteiger partial charge in [-0.25, -0.2) is 0 Å². The molecule has 1 aliphatic carbocycles. The lowest BCUT2D eigenvalue weighted by molar-refractivity contribution is 0.101. The quantitative estimate of drug-likeness (QED) is 0.635. The van der Waals surface area contributed by atoms with E-state index >= 15 is 0 Å². The highest BCUT2D eigenvalue weighted by molar-refractivity contribution is 9.10. The third-order valence-electron chi connectivity index (χ3n) is 3.68. The standard InChI is InChI=1S/C14H14BrN3O2/c1-18-11(10(8-16-18)9-3-2-4-9)5-6-12(19)13-7-14(15)17-20-13/h5-9H,2-4H2,1H3. The van der Waals surface area contributed by atoms with E-state index in [2.05, 4.69) is 26.2 Å². The Kier molecular flexibility index (Phi) is 3.56. The first-order chi connectivity index (χ1) is 9.65. The Balaban J connectivity index is 1.81. The normalized spacial score (nSPS) is 15.7. The molecule has 0 unspecified atom stereocenters. The number of aryl methyl sites for hydroxylation is 1. The van der Waals surface area contributed by atoms with Gasteiger partial charge in [-0.2, -0.15) is 5.10 Å². The van der Waals surface area contributed by atoms with Crippen LogP contribution in [0.4, 0.5) is 0 Å². The minimum Gasteiger partial charge on any atom is -0.352 e. The fraction of sp³-hybridized carbons (Fsp3) is 0.357. The first-order valence-corrected chi connectivity index (χ1v) is 7.31. The molecular weight excluding hydrogens is 322 g/mol. The predicted octanol–water partition coefficient (Wildman–Crippen LogP) is 3.33. The summed E-state index contributed by atoms with van der Waals surface area (Å²) in [4.78, 5) is 12.0. The lowest BCUT2D eigenvalue weighted by Crippen LogP contribution is -2.09. The highest BCUT2D eigenvalue weighted by atomic mass is 79.9. The molecule has 6 heteroatoms. The second kappa shape index (κ2) is 5.36. The van der Waals surface area contributed by atoms with Gasteiger partial charge in [0.1, 0.15) is 4.60 Å². The van der Waals surface area contributed by atoms with Crippen LogP contribution < -0.4 is 0 Å². The molecule has 3 rings (SSSR count). The predicted molar refractivity (Wildman–Crippen MR) is 77.4 cm³/mol. The summed E-state index contributed by atoms with van der Waals surface area (Å²) in [7, 11) is 1.89. The van der Waals surface area contributed by atoms with Crippen LogP contribution in [0.3, 0.4) is 0 Å². The van der Waals surface area contributed by atoms with Gasteiger partial charge < -0.3 is 4.52 Å². The van der Waals surface area contributed by atoms with E-state index in [0.29, 0.717) is 10.5 Å². The topological polar surface area (TPSA) is 60.9 Å². The lowest BCUT2D eigenvalue weighted by atomic mass is 9.80. The van der Waals surface area contributed by atoms with E-state index in [1.807, 2.05) is 13.2 Å². The molecule has 2 aromatic heterocycles. The largest absolute Gasteiger partial charge is 0.352 e. The van der Waals surface area contributed by atoms with Gasteiger partial charge in [0.05, 0.1) is 11.9 Å². The maximum absolute atomic E-state index is 12.0. The number of hydrogen-bond acceptors (Lipinski definition) is 4. The van der Waals surface area contributed by atoms with Crippen molar-refractivity contribution in [2.75, 3.05) is 0 Å². The monoisotopic (exact) mass is 335 g/mol. The minimum atomic E-state index is -0.205. The van der Waals surface area contributed by atoms with Crippen molar-refractivity contribution in [3.63, 3.8) is 0 Å². The van der Waals surface area contributed by atoms with Gasteiger partial charge in [-0.05, 0) is 46.8 Å². The van der Waals surface area contributed by atoms with E-state index < -0.39 is 0 Å². The van der Waals surface area contributed by atoms with Gasteiger partial charge >= 0.3 is 0 Å². The van der Waals surface area contributed by atoms with Crippen LogP contribution >= 0.6 is 15.9 Å².